The van der Waals surface area contributed by atoms with E-state index in [1.165, 1.54) is 32.1 Å². The van der Waals surface area contributed by atoms with Crippen molar-refractivity contribution in [1.82, 2.24) is 4.57 Å². The zero-order chi connectivity index (χ0) is 10.7. The lowest BCUT2D eigenvalue weighted by Crippen LogP contribution is -2.26. The monoisotopic (exact) mass is 317 g/mol. The fourth-order valence-electron chi connectivity index (χ4n) is 2.30. The molecule has 0 spiro atoms. The minimum atomic E-state index is 0.170. The third kappa shape index (κ3) is 2.83. The highest BCUT2D eigenvalue weighted by Crippen LogP contribution is 2.24. The number of pyridine rings is 1. The van der Waals surface area contributed by atoms with Crippen LogP contribution in [0.2, 0.25) is 0 Å². The fraction of sp³-hybridized carbons (Fsp3) is 0.583. The zero-order valence-electron chi connectivity index (χ0n) is 8.79. The van der Waals surface area contributed by atoms with Crippen molar-refractivity contribution in [3.8, 4) is 0 Å². The van der Waals surface area contributed by atoms with Gasteiger partial charge in [-0.25, -0.2) is 0 Å². The van der Waals surface area contributed by atoms with Crippen LogP contribution in [0.25, 0.3) is 0 Å². The maximum absolute atomic E-state index is 11.8. The van der Waals surface area contributed by atoms with Crippen molar-refractivity contribution in [2.24, 2.45) is 5.92 Å². The molecule has 0 atom stereocenters. The normalized spacial score (nSPS) is 17.9. The molecule has 1 aromatic heterocycles. The van der Waals surface area contributed by atoms with E-state index in [9.17, 15) is 4.79 Å². The SMILES string of the molecule is O=c1c(I)cccn1CC1CCCCC1. The lowest BCUT2D eigenvalue weighted by molar-refractivity contribution is 0.316. The second kappa shape index (κ2) is 5.14. The summed E-state index contributed by atoms with van der Waals surface area (Å²) in [5.41, 5.74) is 0.170. The Hall–Kier alpha value is -0.320. The number of hydrogen-bond donors (Lipinski definition) is 0. The Morgan fingerprint density at radius 2 is 2.07 bits per heavy atom. The highest BCUT2D eigenvalue weighted by Gasteiger charge is 2.14. The summed E-state index contributed by atoms with van der Waals surface area (Å²) in [6, 6.07) is 3.84. The van der Waals surface area contributed by atoms with E-state index in [0.717, 1.165) is 16.0 Å². The number of halogens is 1. The van der Waals surface area contributed by atoms with Crippen LogP contribution < -0.4 is 5.56 Å². The highest BCUT2D eigenvalue weighted by atomic mass is 127. The Balaban J connectivity index is 2.09. The van der Waals surface area contributed by atoms with E-state index < -0.39 is 0 Å². The lowest BCUT2D eigenvalue weighted by Gasteiger charge is -2.22. The molecule has 2 nitrogen and oxygen atoms in total. The first-order chi connectivity index (χ1) is 7.27. The third-order valence-corrected chi connectivity index (χ3v) is 3.97. The van der Waals surface area contributed by atoms with Crippen LogP contribution in [0.15, 0.2) is 23.1 Å². The molecule has 0 N–H and O–H groups in total. The van der Waals surface area contributed by atoms with E-state index in [-0.39, 0.29) is 5.56 Å². The first-order valence-electron chi connectivity index (χ1n) is 5.62. The van der Waals surface area contributed by atoms with E-state index in [1.807, 2.05) is 22.9 Å². The first-order valence-corrected chi connectivity index (χ1v) is 6.70. The largest absolute Gasteiger partial charge is 0.314 e. The average molecular weight is 317 g/mol. The number of nitrogens with zero attached hydrogens (tertiary/aromatic N) is 1. The Morgan fingerprint density at radius 3 is 2.80 bits per heavy atom. The smallest absolute Gasteiger partial charge is 0.263 e. The summed E-state index contributed by atoms with van der Waals surface area (Å²) in [5, 5.41) is 0. The second-order valence-corrected chi connectivity index (χ2v) is 5.48. The molecule has 0 aromatic carbocycles. The van der Waals surface area contributed by atoms with Crippen LogP contribution in [0.3, 0.4) is 0 Å². The Bertz CT molecular complexity index is 379. The van der Waals surface area contributed by atoms with Gasteiger partial charge >= 0.3 is 0 Å². The van der Waals surface area contributed by atoms with Gasteiger partial charge in [0, 0.05) is 12.7 Å². The fourth-order valence-corrected chi connectivity index (χ4v) is 2.82. The van der Waals surface area contributed by atoms with Crippen LogP contribution in [-0.2, 0) is 6.54 Å². The summed E-state index contributed by atoms with van der Waals surface area (Å²) in [6.45, 7) is 0.912. The quantitative estimate of drug-likeness (QED) is 0.769. The highest BCUT2D eigenvalue weighted by molar-refractivity contribution is 14.1. The van der Waals surface area contributed by atoms with Gasteiger partial charge in [-0.1, -0.05) is 19.3 Å². The molecular weight excluding hydrogens is 301 g/mol. The van der Waals surface area contributed by atoms with Gasteiger partial charge in [-0.3, -0.25) is 4.79 Å². The zero-order valence-corrected chi connectivity index (χ0v) is 10.9. The maximum Gasteiger partial charge on any atom is 0.263 e. The summed E-state index contributed by atoms with van der Waals surface area (Å²) >= 11 is 2.11. The third-order valence-electron chi connectivity index (χ3n) is 3.15. The summed E-state index contributed by atoms with van der Waals surface area (Å²) in [7, 11) is 0. The number of rotatable bonds is 2. The van der Waals surface area contributed by atoms with Crippen molar-refractivity contribution in [2.75, 3.05) is 0 Å². The van der Waals surface area contributed by atoms with E-state index in [1.54, 1.807) is 0 Å². The average Bonchev–Trinajstić information content (AvgIpc) is 2.26. The molecule has 15 heavy (non-hydrogen) atoms. The standard InChI is InChI=1S/C12H16INO/c13-11-7-4-8-14(12(11)15)9-10-5-2-1-3-6-10/h4,7-8,10H,1-3,5-6,9H2. The van der Waals surface area contributed by atoms with Crippen LogP contribution in [0.5, 0.6) is 0 Å². The van der Waals surface area contributed by atoms with E-state index in [4.69, 9.17) is 0 Å². The van der Waals surface area contributed by atoms with Crippen molar-refractivity contribution >= 4 is 22.6 Å². The van der Waals surface area contributed by atoms with Crippen LogP contribution in [0, 0.1) is 9.49 Å². The van der Waals surface area contributed by atoms with Gasteiger partial charge in [0.15, 0.2) is 0 Å². The Kier molecular flexibility index (Phi) is 3.83. The molecule has 0 unspecified atom stereocenters. The summed E-state index contributed by atoms with van der Waals surface area (Å²) in [6.07, 6.45) is 8.54. The molecule has 0 bridgehead atoms. The molecule has 0 aliphatic heterocycles. The van der Waals surface area contributed by atoms with Crippen molar-refractivity contribution in [1.29, 1.82) is 0 Å². The predicted octanol–water partition coefficient (Wildman–Crippen LogP) is 3.03. The van der Waals surface area contributed by atoms with Gasteiger partial charge in [0.25, 0.3) is 5.56 Å². The molecular formula is C12H16INO. The van der Waals surface area contributed by atoms with Gasteiger partial charge in [0.2, 0.25) is 0 Å². The molecule has 0 saturated heterocycles. The number of aromatic nitrogens is 1. The molecule has 1 saturated carbocycles. The van der Waals surface area contributed by atoms with E-state index in [0.29, 0.717) is 0 Å². The van der Waals surface area contributed by atoms with E-state index in [2.05, 4.69) is 22.6 Å². The molecule has 1 aromatic rings. The van der Waals surface area contributed by atoms with Crippen molar-refractivity contribution < 1.29 is 0 Å². The molecule has 3 heteroatoms. The maximum atomic E-state index is 11.8. The Morgan fingerprint density at radius 1 is 1.33 bits per heavy atom. The summed E-state index contributed by atoms with van der Waals surface area (Å²) in [4.78, 5) is 11.8. The molecule has 0 amide bonds. The van der Waals surface area contributed by atoms with Gasteiger partial charge in [0.1, 0.15) is 0 Å². The molecule has 2 rings (SSSR count). The second-order valence-electron chi connectivity index (χ2n) is 4.32. The molecule has 1 heterocycles. The minimum Gasteiger partial charge on any atom is -0.314 e. The van der Waals surface area contributed by atoms with Crippen LogP contribution in [-0.4, -0.2) is 4.57 Å². The molecule has 1 aliphatic carbocycles. The minimum absolute atomic E-state index is 0.170. The van der Waals surface area contributed by atoms with Gasteiger partial charge < -0.3 is 4.57 Å². The van der Waals surface area contributed by atoms with Crippen LogP contribution in [0.1, 0.15) is 32.1 Å². The van der Waals surface area contributed by atoms with Crippen LogP contribution >= 0.6 is 22.6 Å². The molecule has 1 aliphatic rings. The van der Waals surface area contributed by atoms with Gasteiger partial charge in [-0.05, 0) is 53.5 Å². The lowest BCUT2D eigenvalue weighted by atomic mass is 9.89. The molecule has 1 fully saturated rings. The van der Waals surface area contributed by atoms with Gasteiger partial charge in [0.05, 0.1) is 3.57 Å². The van der Waals surface area contributed by atoms with Crippen LogP contribution in [0.4, 0.5) is 0 Å². The molecule has 82 valence electrons. The Labute approximate surface area is 104 Å². The topological polar surface area (TPSA) is 22.0 Å². The first kappa shape index (κ1) is 11.2. The van der Waals surface area contributed by atoms with Gasteiger partial charge in [-0.15, -0.1) is 0 Å². The molecule has 0 radical (unpaired) electrons. The van der Waals surface area contributed by atoms with E-state index >= 15 is 0 Å². The number of hydrogen-bond acceptors (Lipinski definition) is 1. The summed E-state index contributed by atoms with van der Waals surface area (Å²) in [5.74, 6) is 0.717. The van der Waals surface area contributed by atoms with Gasteiger partial charge in [-0.2, -0.15) is 0 Å². The van der Waals surface area contributed by atoms with Crippen molar-refractivity contribution in [2.45, 2.75) is 38.6 Å². The summed E-state index contributed by atoms with van der Waals surface area (Å²) < 4.78 is 2.70. The van der Waals surface area contributed by atoms with Crippen molar-refractivity contribution in [3.63, 3.8) is 0 Å². The predicted molar refractivity (Wildman–Crippen MR) is 70.0 cm³/mol. The van der Waals surface area contributed by atoms with Crippen molar-refractivity contribution in [3.05, 3.63) is 32.3 Å².